The van der Waals surface area contributed by atoms with Crippen molar-refractivity contribution in [1.82, 2.24) is 10.2 Å². The molecule has 0 radical (unpaired) electrons. The standard InChI is InChI=1S/C30H33BrCl2N2O3/c1-4-5-13-34-30(37)27(17-22-9-7-6-8-10-22)35(18-23-11-12-25(32)26(33)16-23)28(36)19-38-24-14-20(2)29(31)21(3)15-24/h6-12,14-16,27H,4-5,13,17-19H2,1-3H3,(H,34,37)/t27-/m0/s1. The van der Waals surface area contributed by atoms with E-state index in [1.165, 1.54) is 0 Å². The Morgan fingerprint density at radius 3 is 2.29 bits per heavy atom. The van der Waals surface area contributed by atoms with Gasteiger partial charge in [-0.3, -0.25) is 9.59 Å². The molecule has 1 N–H and O–H groups in total. The van der Waals surface area contributed by atoms with Gasteiger partial charge in [0.05, 0.1) is 10.0 Å². The third-order valence-electron chi connectivity index (χ3n) is 6.21. The number of amides is 2. The highest BCUT2D eigenvalue weighted by atomic mass is 79.9. The second-order valence-corrected chi connectivity index (χ2v) is 10.9. The fourth-order valence-electron chi connectivity index (χ4n) is 4.11. The summed E-state index contributed by atoms with van der Waals surface area (Å²) in [5, 5.41) is 3.83. The van der Waals surface area contributed by atoms with E-state index in [-0.39, 0.29) is 25.0 Å². The van der Waals surface area contributed by atoms with Gasteiger partial charge in [-0.05, 0) is 66.8 Å². The molecule has 0 spiro atoms. The summed E-state index contributed by atoms with van der Waals surface area (Å²) in [5.41, 5.74) is 3.74. The Kier molecular flexibility index (Phi) is 11.5. The Labute approximate surface area is 243 Å². The second kappa shape index (κ2) is 14.6. The molecule has 0 aliphatic carbocycles. The van der Waals surface area contributed by atoms with Gasteiger partial charge in [0.2, 0.25) is 5.91 Å². The third-order valence-corrected chi connectivity index (χ3v) is 8.20. The average molecular weight is 620 g/mol. The van der Waals surface area contributed by atoms with Crippen molar-refractivity contribution in [2.45, 2.75) is 52.6 Å². The second-order valence-electron chi connectivity index (χ2n) is 9.28. The Bertz CT molecular complexity index is 1230. The van der Waals surface area contributed by atoms with Crippen LogP contribution in [0.15, 0.2) is 65.1 Å². The highest BCUT2D eigenvalue weighted by Gasteiger charge is 2.30. The smallest absolute Gasteiger partial charge is 0.261 e. The maximum atomic E-state index is 13.7. The van der Waals surface area contributed by atoms with Crippen molar-refractivity contribution >= 4 is 50.9 Å². The van der Waals surface area contributed by atoms with Crippen LogP contribution in [0.1, 0.15) is 42.0 Å². The number of aryl methyl sites for hydroxylation is 2. The van der Waals surface area contributed by atoms with Crippen molar-refractivity contribution in [2.75, 3.05) is 13.2 Å². The molecule has 3 aromatic carbocycles. The van der Waals surface area contributed by atoms with Crippen molar-refractivity contribution < 1.29 is 14.3 Å². The van der Waals surface area contributed by atoms with Crippen molar-refractivity contribution in [2.24, 2.45) is 0 Å². The number of benzene rings is 3. The van der Waals surface area contributed by atoms with Gasteiger partial charge in [-0.15, -0.1) is 0 Å². The number of carbonyl (C=O) groups excluding carboxylic acids is 2. The molecule has 0 aliphatic rings. The molecule has 0 aromatic heterocycles. The number of hydrogen-bond acceptors (Lipinski definition) is 3. The molecular weight excluding hydrogens is 587 g/mol. The molecule has 2 amide bonds. The van der Waals surface area contributed by atoms with Gasteiger partial charge >= 0.3 is 0 Å². The normalized spacial score (nSPS) is 11.6. The lowest BCUT2D eigenvalue weighted by molar-refractivity contribution is -0.142. The van der Waals surface area contributed by atoms with Crippen LogP contribution >= 0.6 is 39.1 Å². The Hall–Kier alpha value is -2.54. The zero-order chi connectivity index (χ0) is 27.7. The summed E-state index contributed by atoms with van der Waals surface area (Å²) in [6.07, 6.45) is 2.17. The number of halogens is 3. The largest absolute Gasteiger partial charge is 0.484 e. The number of hydrogen-bond donors (Lipinski definition) is 1. The first-order valence-corrected chi connectivity index (χ1v) is 14.2. The molecule has 0 aliphatic heterocycles. The van der Waals surface area contributed by atoms with E-state index in [4.69, 9.17) is 27.9 Å². The molecule has 8 heteroatoms. The third kappa shape index (κ3) is 8.48. The number of nitrogens with one attached hydrogen (secondary N) is 1. The van der Waals surface area contributed by atoms with Gasteiger partial charge in [-0.1, -0.05) is 88.9 Å². The minimum absolute atomic E-state index is 0.177. The summed E-state index contributed by atoms with van der Waals surface area (Å²) >= 11 is 16.0. The lowest BCUT2D eigenvalue weighted by Gasteiger charge is -2.31. The first-order valence-electron chi connectivity index (χ1n) is 12.6. The van der Waals surface area contributed by atoms with Crippen LogP contribution < -0.4 is 10.1 Å². The first-order chi connectivity index (χ1) is 18.2. The summed E-state index contributed by atoms with van der Waals surface area (Å²) in [4.78, 5) is 28.8. The van der Waals surface area contributed by atoms with Gasteiger partial charge in [0.1, 0.15) is 11.8 Å². The summed E-state index contributed by atoms with van der Waals surface area (Å²) in [7, 11) is 0. The van der Waals surface area contributed by atoms with Crippen molar-refractivity contribution in [3.05, 3.63) is 97.4 Å². The molecule has 0 heterocycles. The van der Waals surface area contributed by atoms with Gasteiger partial charge in [0.25, 0.3) is 5.91 Å². The molecule has 0 saturated carbocycles. The molecule has 1 atom stereocenters. The summed E-state index contributed by atoms with van der Waals surface area (Å²) < 4.78 is 6.94. The van der Waals surface area contributed by atoms with Crippen LogP contribution in [0, 0.1) is 13.8 Å². The van der Waals surface area contributed by atoms with Crippen LogP contribution in [-0.4, -0.2) is 35.9 Å². The van der Waals surface area contributed by atoms with E-state index in [1.807, 2.05) is 62.4 Å². The van der Waals surface area contributed by atoms with E-state index in [0.717, 1.165) is 39.6 Å². The fraction of sp³-hybridized carbons (Fsp3) is 0.333. The van der Waals surface area contributed by atoms with Crippen molar-refractivity contribution in [3.63, 3.8) is 0 Å². The maximum absolute atomic E-state index is 13.7. The predicted molar refractivity (Wildman–Crippen MR) is 158 cm³/mol. The highest BCUT2D eigenvalue weighted by Crippen LogP contribution is 2.27. The average Bonchev–Trinajstić information content (AvgIpc) is 2.90. The monoisotopic (exact) mass is 618 g/mol. The lowest BCUT2D eigenvalue weighted by Crippen LogP contribution is -2.51. The molecule has 0 saturated heterocycles. The summed E-state index contributed by atoms with van der Waals surface area (Å²) in [6, 6.07) is 17.9. The number of unbranched alkanes of at least 4 members (excludes halogenated alkanes) is 1. The highest BCUT2D eigenvalue weighted by molar-refractivity contribution is 9.10. The molecule has 5 nitrogen and oxygen atoms in total. The van der Waals surface area contributed by atoms with E-state index in [1.54, 1.807) is 17.0 Å². The lowest BCUT2D eigenvalue weighted by atomic mass is 10.0. The Balaban J connectivity index is 1.92. The SMILES string of the molecule is CCCCNC(=O)[C@H](Cc1ccccc1)N(Cc1ccc(Cl)c(Cl)c1)C(=O)COc1cc(C)c(Br)c(C)c1. The fourth-order valence-corrected chi connectivity index (χ4v) is 4.66. The van der Waals surface area contributed by atoms with Gasteiger partial charge < -0.3 is 15.0 Å². The molecule has 202 valence electrons. The molecular formula is C30H33BrCl2N2O3. The molecule has 3 aromatic rings. The number of carbonyl (C=O) groups is 2. The van der Waals surface area contributed by atoms with Gasteiger partial charge in [-0.25, -0.2) is 0 Å². The van der Waals surface area contributed by atoms with Crippen LogP contribution in [0.5, 0.6) is 5.75 Å². The van der Waals surface area contributed by atoms with E-state index < -0.39 is 6.04 Å². The quantitative estimate of drug-likeness (QED) is 0.216. The Morgan fingerprint density at radius 1 is 0.974 bits per heavy atom. The van der Waals surface area contributed by atoms with E-state index in [9.17, 15) is 9.59 Å². The molecule has 38 heavy (non-hydrogen) atoms. The van der Waals surface area contributed by atoms with Crippen molar-refractivity contribution in [1.29, 1.82) is 0 Å². The van der Waals surface area contributed by atoms with Crippen LogP contribution in [-0.2, 0) is 22.6 Å². The number of ether oxygens (including phenoxy) is 1. The molecule has 0 bridgehead atoms. The minimum atomic E-state index is -0.742. The van der Waals surface area contributed by atoms with Gasteiger partial charge in [0, 0.05) is 24.0 Å². The van der Waals surface area contributed by atoms with Crippen LogP contribution in [0.3, 0.4) is 0 Å². The van der Waals surface area contributed by atoms with E-state index >= 15 is 0 Å². The first kappa shape index (κ1) is 30.0. The summed E-state index contributed by atoms with van der Waals surface area (Å²) in [5.74, 6) is 0.0879. The van der Waals surface area contributed by atoms with E-state index in [0.29, 0.717) is 28.8 Å². The molecule has 0 unspecified atom stereocenters. The van der Waals surface area contributed by atoms with E-state index in [2.05, 4.69) is 28.2 Å². The zero-order valence-electron chi connectivity index (χ0n) is 21.9. The summed E-state index contributed by atoms with van der Waals surface area (Å²) in [6.45, 7) is 6.52. The van der Waals surface area contributed by atoms with Crippen LogP contribution in [0.4, 0.5) is 0 Å². The maximum Gasteiger partial charge on any atom is 0.261 e. The zero-order valence-corrected chi connectivity index (χ0v) is 25.0. The van der Waals surface area contributed by atoms with Crippen LogP contribution in [0.2, 0.25) is 10.0 Å². The number of rotatable bonds is 12. The van der Waals surface area contributed by atoms with Gasteiger partial charge in [-0.2, -0.15) is 0 Å². The van der Waals surface area contributed by atoms with Crippen LogP contribution in [0.25, 0.3) is 0 Å². The minimum Gasteiger partial charge on any atom is -0.484 e. The van der Waals surface area contributed by atoms with Gasteiger partial charge in [0.15, 0.2) is 6.61 Å². The predicted octanol–water partition coefficient (Wildman–Crippen LogP) is 7.31. The Morgan fingerprint density at radius 2 is 1.66 bits per heavy atom. The molecule has 0 fully saturated rings. The number of nitrogens with zero attached hydrogens (tertiary/aromatic N) is 1. The molecule has 3 rings (SSSR count). The topological polar surface area (TPSA) is 58.6 Å². The van der Waals surface area contributed by atoms with Crippen molar-refractivity contribution in [3.8, 4) is 5.75 Å².